The first-order valence-corrected chi connectivity index (χ1v) is 10.5. The standard InChI is InChI=1S/C18H25N3O6S/c1-11-7-8-13(28(19,25)26)9-14(11)17(23)27-10-16(22)21-18(24)20-15-6-4-3-5-12(15)2/h7-9,12,15H,3-6,10H2,1-2H3,(H2,19,25,26)(H2,20,21,22,24). The minimum absolute atomic E-state index is 0.00713. The third-order valence-electron chi connectivity index (χ3n) is 4.77. The van der Waals surface area contributed by atoms with Crippen molar-refractivity contribution in [1.29, 1.82) is 0 Å². The Labute approximate surface area is 164 Å². The largest absolute Gasteiger partial charge is 0.452 e. The number of imide groups is 1. The number of amides is 3. The lowest BCUT2D eigenvalue weighted by Crippen LogP contribution is -2.48. The lowest BCUT2D eigenvalue weighted by molar-refractivity contribution is -0.123. The molecule has 1 aromatic rings. The van der Waals surface area contributed by atoms with Crippen LogP contribution in [0.2, 0.25) is 0 Å². The number of nitrogens with one attached hydrogen (secondary N) is 2. The van der Waals surface area contributed by atoms with E-state index < -0.39 is 34.5 Å². The third kappa shape index (κ3) is 6.03. The van der Waals surface area contributed by atoms with Crippen LogP contribution in [0.15, 0.2) is 23.1 Å². The summed E-state index contributed by atoms with van der Waals surface area (Å²) in [6.45, 7) is 2.96. The molecule has 2 rings (SSSR count). The molecule has 10 heteroatoms. The number of urea groups is 1. The Morgan fingerprint density at radius 3 is 2.54 bits per heavy atom. The summed E-state index contributed by atoms with van der Waals surface area (Å²) in [6.07, 6.45) is 4.03. The van der Waals surface area contributed by atoms with Crippen molar-refractivity contribution in [3.8, 4) is 0 Å². The van der Waals surface area contributed by atoms with E-state index in [4.69, 9.17) is 9.88 Å². The van der Waals surface area contributed by atoms with E-state index in [0.717, 1.165) is 31.7 Å². The highest BCUT2D eigenvalue weighted by Gasteiger charge is 2.24. The Bertz CT molecular complexity index is 868. The molecule has 1 fully saturated rings. The zero-order valence-corrected chi connectivity index (χ0v) is 16.7. The van der Waals surface area contributed by atoms with Crippen molar-refractivity contribution in [1.82, 2.24) is 10.6 Å². The van der Waals surface area contributed by atoms with E-state index in [0.29, 0.717) is 11.5 Å². The zero-order chi connectivity index (χ0) is 20.9. The molecule has 3 amide bonds. The molecule has 0 radical (unpaired) electrons. The predicted molar refractivity (Wildman–Crippen MR) is 101 cm³/mol. The molecule has 4 N–H and O–H groups in total. The Morgan fingerprint density at radius 2 is 1.89 bits per heavy atom. The molecule has 0 aliphatic heterocycles. The van der Waals surface area contributed by atoms with Crippen LogP contribution in [0.5, 0.6) is 0 Å². The molecule has 0 bridgehead atoms. The van der Waals surface area contributed by atoms with E-state index in [1.54, 1.807) is 6.92 Å². The topological polar surface area (TPSA) is 145 Å². The smallest absolute Gasteiger partial charge is 0.338 e. The van der Waals surface area contributed by atoms with Crippen LogP contribution >= 0.6 is 0 Å². The van der Waals surface area contributed by atoms with Crippen LogP contribution in [-0.4, -0.2) is 39.0 Å². The number of hydrogen-bond donors (Lipinski definition) is 3. The third-order valence-corrected chi connectivity index (χ3v) is 5.68. The maximum Gasteiger partial charge on any atom is 0.338 e. The minimum Gasteiger partial charge on any atom is -0.452 e. The van der Waals surface area contributed by atoms with Crippen molar-refractivity contribution in [2.24, 2.45) is 11.1 Å². The van der Waals surface area contributed by atoms with Gasteiger partial charge in [0, 0.05) is 6.04 Å². The number of ether oxygens (including phenoxy) is 1. The van der Waals surface area contributed by atoms with Gasteiger partial charge in [0.1, 0.15) is 0 Å². The van der Waals surface area contributed by atoms with Crippen LogP contribution in [0.1, 0.15) is 48.5 Å². The van der Waals surface area contributed by atoms with Gasteiger partial charge in [-0.2, -0.15) is 0 Å². The number of nitrogens with two attached hydrogens (primary N) is 1. The Balaban J connectivity index is 1.88. The first-order chi connectivity index (χ1) is 13.1. The summed E-state index contributed by atoms with van der Waals surface area (Å²) >= 11 is 0. The molecular weight excluding hydrogens is 386 g/mol. The van der Waals surface area contributed by atoms with Gasteiger partial charge in [0.2, 0.25) is 10.0 Å². The Hall–Kier alpha value is -2.46. The number of carbonyl (C=O) groups excluding carboxylic acids is 3. The normalized spacial score (nSPS) is 19.5. The lowest BCUT2D eigenvalue weighted by Gasteiger charge is -2.29. The Kier molecular flexibility index (Phi) is 7.14. The second-order valence-electron chi connectivity index (χ2n) is 6.99. The van der Waals surface area contributed by atoms with Gasteiger partial charge < -0.3 is 10.1 Å². The number of benzene rings is 1. The monoisotopic (exact) mass is 411 g/mol. The molecule has 1 aromatic carbocycles. The van der Waals surface area contributed by atoms with Gasteiger partial charge in [0.05, 0.1) is 10.5 Å². The van der Waals surface area contributed by atoms with Crippen molar-refractivity contribution < 1.29 is 27.5 Å². The summed E-state index contributed by atoms with van der Waals surface area (Å²) in [6, 6.07) is 3.14. The highest BCUT2D eigenvalue weighted by atomic mass is 32.2. The second-order valence-corrected chi connectivity index (χ2v) is 8.55. The summed E-state index contributed by atoms with van der Waals surface area (Å²) in [5.41, 5.74) is 0.432. The van der Waals surface area contributed by atoms with Crippen LogP contribution in [0, 0.1) is 12.8 Å². The molecule has 0 heterocycles. The van der Waals surface area contributed by atoms with Gasteiger partial charge in [-0.3, -0.25) is 10.1 Å². The molecule has 0 aromatic heterocycles. The van der Waals surface area contributed by atoms with Gasteiger partial charge in [0.25, 0.3) is 5.91 Å². The molecule has 1 aliphatic rings. The van der Waals surface area contributed by atoms with Crippen molar-refractivity contribution in [3.63, 3.8) is 0 Å². The molecule has 28 heavy (non-hydrogen) atoms. The van der Waals surface area contributed by atoms with Crippen LogP contribution in [0.4, 0.5) is 4.79 Å². The minimum atomic E-state index is -3.98. The number of carbonyl (C=O) groups is 3. The number of rotatable bonds is 5. The van der Waals surface area contributed by atoms with Gasteiger partial charge in [-0.25, -0.2) is 23.1 Å². The van der Waals surface area contributed by atoms with E-state index in [1.165, 1.54) is 12.1 Å². The average molecular weight is 411 g/mol. The van der Waals surface area contributed by atoms with Gasteiger partial charge in [-0.1, -0.05) is 25.8 Å². The van der Waals surface area contributed by atoms with Gasteiger partial charge in [-0.15, -0.1) is 0 Å². The van der Waals surface area contributed by atoms with E-state index in [1.807, 2.05) is 6.92 Å². The highest BCUT2D eigenvalue weighted by Crippen LogP contribution is 2.23. The SMILES string of the molecule is Cc1ccc(S(N)(=O)=O)cc1C(=O)OCC(=O)NC(=O)NC1CCCCC1C. The van der Waals surface area contributed by atoms with Crippen molar-refractivity contribution in [2.45, 2.75) is 50.5 Å². The summed E-state index contributed by atoms with van der Waals surface area (Å²) in [4.78, 5) is 35.7. The fraction of sp³-hybridized carbons (Fsp3) is 0.500. The van der Waals surface area contributed by atoms with Crippen LogP contribution in [-0.2, 0) is 19.6 Å². The highest BCUT2D eigenvalue weighted by molar-refractivity contribution is 7.89. The van der Waals surface area contributed by atoms with E-state index in [-0.39, 0.29) is 16.5 Å². The molecule has 0 spiro atoms. The zero-order valence-electron chi connectivity index (χ0n) is 15.9. The lowest BCUT2D eigenvalue weighted by atomic mass is 9.86. The predicted octanol–water partition coefficient (Wildman–Crippen LogP) is 1.20. The number of primary sulfonamides is 1. The van der Waals surface area contributed by atoms with Crippen LogP contribution in [0.3, 0.4) is 0 Å². The number of esters is 1. The fourth-order valence-electron chi connectivity index (χ4n) is 3.10. The van der Waals surface area contributed by atoms with Crippen LogP contribution < -0.4 is 15.8 Å². The number of aryl methyl sites for hydroxylation is 1. The molecule has 154 valence electrons. The fourth-order valence-corrected chi connectivity index (χ4v) is 3.64. The molecular formula is C18H25N3O6S. The average Bonchev–Trinajstić information content (AvgIpc) is 2.61. The second kappa shape index (κ2) is 9.16. The van der Waals surface area contributed by atoms with Crippen LogP contribution in [0.25, 0.3) is 0 Å². The van der Waals surface area contributed by atoms with Gasteiger partial charge in [0.15, 0.2) is 6.61 Å². The first-order valence-electron chi connectivity index (χ1n) is 8.99. The molecule has 9 nitrogen and oxygen atoms in total. The van der Waals surface area contributed by atoms with Crippen molar-refractivity contribution >= 4 is 27.9 Å². The first kappa shape index (κ1) is 21.8. The summed E-state index contributed by atoms with van der Waals surface area (Å²) in [7, 11) is -3.98. The number of sulfonamides is 1. The molecule has 0 saturated heterocycles. The van der Waals surface area contributed by atoms with Crippen molar-refractivity contribution in [2.75, 3.05) is 6.61 Å². The number of hydrogen-bond acceptors (Lipinski definition) is 6. The van der Waals surface area contributed by atoms with Crippen molar-refractivity contribution in [3.05, 3.63) is 29.3 Å². The van der Waals surface area contributed by atoms with Gasteiger partial charge in [-0.05, 0) is 43.4 Å². The van der Waals surface area contributed by atoms with E-state index in [2.05, 4.69) is 10.6 Å². The maximum absolute atomic E-state index is 12.2. The molecule has 2 unspecified atom stereocenters. The Morgan fingerprint density at radius 1 is 1.21 bits per heavy atom. The van der Waals surface area contributed by atoms with E-state index in [9.17, 15) is 22.8 Å². The summed E-state index contributed by atoms with van der Waals surface area (Å²) < 4.78 is 27.7. The summed E-state index contributed by atoms with van der Waals surface area (Å²) in [5, 5.41) is 9.93. The summed E-state index contributed by atoms with van der Waals surface area (Å²) in [5.74, 6) is -1.34. The quantitative estimate of drug-likeness (QED) is 0.621. The maximum atomic E-state index is 12.2. The molecule has 2 atom stereocenters. The molecule has 1 aliphatic carbocycles. The van der Waals surface area contributed by atoms with Gasteiger partial charge >= 0.3 is 12.0 Å². The molecule has 1 saturated carbocycles. The van der Waals surface area contributed by atoms with E-state index >= 15 is 0 Å².